The zero-order valence-corrected chi connectivity index (χ0v) is 42.8. The van der Waals surface area contributed by atoms with Crippen LogP contribution in [0.1, 0.15) is 22.3 Å². The Morgan fingerprint density at radius 1 is 0.338 bits per heavy atom. The van der Waals surface area contributed by atoms with E-state index in [1.807, 2.05) is 0 Å². The summed E-state index contributed by atoms with van der Waals surface area (Å²) in [6, 6.07) is 71.5. The molecule has 65 heavy (non-hydrogen) atoms. The van der Waals surface area contributed by atoms with E-state index in [2.05, 4.69) is 221 Å². The number of rotatable bonds is 4. The number of hydrogen-bond donors (Lipinski definition) is 0. The molecular weight excluding hydrogens is 1050 g/mol. The van der Waals surface area contributed by atoms with Gasteiger partial charge in [-0.25, -0.2) is 0 Å². The summed E-state index contributed by atoms with van der Waals surface area (Å²) in [6.07, 6.45) is 4.41. The van der Waals surface area contributed by atoms with E-state index in [0.717, 1.165) is 36.1 Å². The van der Waals surface area contributed by atoms with Crippen LogP contribution in [0, 0.1) is 0 Å². The number of benzene rings is 10. The maximum atomic E-state index is 5.40. The van der Waals surface area contributed by atoms with Gasteiger partial charge in [-0.05, 0) is 147 Å². The van der Waals surface area contributed by atoms with Crippen molar-refractivity contribution in [3.63, 3.8) is 0 Å². The number of fused-ring (bicyclic) bond motifs is 14. The molecule has 0 fully saturated rings. The van der Waals surface area contributed by atoms with E-state index in [1.165, 1.54) is 98.2 Å². The van der Waals surface area contributed by atoms with Gasteiger partial charge in [-0.1, -0.05) is 186 Å². The molecule has 2 aliphatic rings. The Morgan fingerprint density at radius 2 is 0.585 bits per heavy atom. The normalized spacial score (nSPS) is 13.3. The summed E-state index contributed by atoms with van der Waals surface area (Å²) in [7, 11) is 2.76. The quantitative estimate of drug-likeness (QED) is 0.129. The fraction of sp³-hybridized carbons (Fsp3) is 0.103. The average molecular weight is 1100 g/mol. The molecule has 10 aromatic carbocycles. The van der Waals surface area contributed by atoms with E-state index >= 15 is 0 Å². The van der Waals surface area contributed by atoms with Crippen molar-refractivity contribution >= 4 is 96.8 Å². The molecule has 0 unspecified atom stereocenters. The molecule has 0 aliphatic carbocycles. The summed E-state index contributed by atoms with van der Waals surface area (Å²) in [4.78, 5) is 0. The van der Waals surface area contributed by atoms with Crippen LogP contribution in [0.5, 0.6) is 11.5 Å². The molecule has 10 aromatic rings. The van der Waals surface area contributed by atoms with Gasteiger partial charge in [0.05, 0.1) is 14.2 Å². The molecule has 0 amide bonds. The van der Waals surface area contributed by atoms with E-state index in [-0.39, 0.29) is 15.8 Å². The molecular formula is C58H46Br2O2P2Ru. The van der Waals surface area contributed by atoms with E-state index < -0.39 is 0 Å². The second-order valence-corrected chi connectivity index (χ2v) is 28.9. The second kappa shape index (κ2) is 20.0. The van der Waals surface area contributed by atoms with Gasteiger partial charge in [0.15, 0.2) is 0 Å². The SMILES string of the molecule is COc1ccc(P2Cc3ccc4ccccc4c3-c3c(ccc4ccccc34)C2)cc1.COc1ccc(P2Cc3ccc4ccccc4c3-c3c(ccc4ccccc34)C2)cc1.[Br][Ru][Br]. The zero-order valence-electron chi connectivity index (χ0n) is 36.1. The van der Waals surface area contributed by atoms with Crippen LogP contribution in [0.25, 0.3) is 65.3 Å². The molecule has 0 saturated heterocycles. The first-order valence-electron chi connectivity index (χ1n) is 21.7. The van der Waals surface area contributed by atoms with Gasteiger partial charge in [-0.15, -0.1) is 0 Å². The predicted octanol–water partition coefficient (Wildman–Crippen LogP) is 16.7. The topological polar surface area (TPSA) is 18.5 Å². The van der Waals surface area contributed by atoms with Gasteiger partial charge in [-0.3, -0.25) is 0 Å². The standard InChI is InChI=1S/2C29H23OP.2BrH.Ru/c2*1-30-24-14-16-25(17-15-24)31-18-22-12-10-20-6-2-4-8-26(20)28(22)29-23(19-31)13-11-21-7-3-5-9-27(21)29;;;/h2*2-17H,18-19H2,1H3;2*1H;/q;;;;+2/p-2. The molecule has 0 saturated carbocycles. The van der Waals surface area contributed by atoms with Crippen LogP contribution in [0.4, 0.5) is 0 Å². The van der Waals surface area contributed by atoms with Gasteiger partial charge in [0, 0.05) is 0 Å². The van der Waals surface area contributed by atoms with Crippen LogP contribution in [0.2, 0.25) is 0 Å². The Morgan fingerprint density at radius 3 is 0.831 bits per heavy atom. The van der Waals surface area contributed by atoms with Gasteiger partial charge in [0.2, 0.25) is 0 Å². The van der Waals surface area contributed by atoms with Gasteiger partial charge >= 0.3 is 40.5 Å². The molecule has 0 aromatic heterocycles. The Kier molecular flexibility index (Phi) is 13.6. The van der Waals surface area contributed by atoms with Crippen LogP contribution >= 0.6 is 43.1 Å². The maximum absolute atomic E-state index is 5.40. The van der Waals surface area contributed by atoms with E-state index in [4.69, 9.17) is 9.47 Å². The molecule has 2 heterocycles. The van der Waals surface area contributed by atoms with Crippen molar-refractivity contribution in [2.45, 2.75) is 24.6 Å². The zero-order chi connectivity index (χ0) is 44.3. The molecule has 2 nitrogen and oxygen atoms in total. The Balaban J connectivity index is 0.000000145. The van der Waals surface area contributed by atoms with Gasteiger partial charge < -0.3 is 9.47 Å². The minimum atomic E-state index is -0.350. The Hall–Kier alpha value is -4.72. The fourth-order valence-corrected chi connectivity index (χ4v) is 14.7. The van der Waals surface area contributed by atoms with Crippen molar-refractivity contribution in [1.29, 1.82) is 0 Å². The number of hydrogen-bond acceptors (Lipinski definition) is 2. The van der Waals surface area contributed by atoms with E-state index in [9.17, 15) is 0 Å². The minimum absolute atomic E-state index is 0.335. The molecule has 0 spiro atoms. The summed E-state index contributed by atoms with van der Waals surface area (Å²) in [5.74, 6) is 1.85. The summed E-state index contributed by atoms with van der Waals surface area (Å²) in [5, 5.41) is 13.6. The van der Waals surface area contributed by atoms with Gasteiger partial charge in [-0.2, -0.15) is 0 Å². The first-order chi connectivity index (χ1) is 32.0. The molecule has 2 aliphatic heterocycles. The number of halogens is 2. The van der Waals surface area contributed by atoms with Crippen LogP contribution < -0.4 is 20.1 Å². The monoisotopic (exact) mass is 1100 g/mol. The third-order valence-corrected chi connectivity index (χ3v) is 17.8. The average Bonchev–Trinajstić information content (AvgIpc) is 3.66. The molecule has 0 radical (unpaired) electrons. The van der Waals surface area contributed by atoms with Crippen molar-refractivity contribution in [3.8, 4) is 33.8 Å². The summed E-state index contributed by atoms with van der Waals surface area (Å²) in [6.45, 7) is 0. The van der Waals surface area contributed by atoms with Gasteiger partial charge in [0.25, 0.3) is 0 Å². The van der Waals surface area contributed by atoms with Gasteiger partial charge in [0.1, 0.15) is 11.5 Å². The van der Waals surface area contributed by atoms with Crippen LogP contribution in [0.15, 0.2) is 194 Å². The van der Waals surface area contributed by atoms with Crippen LogP contribution in [-0.4, -0.2) is 14.2 Å². The van der Waals surface area contributed by atoms with Crippen LogP contribution in [0.3, 0.4) is 0 Å². The van der Waals surface area contributed by atoms with Crippen molar-refractivity contribution in [2.75, 3.05) is 14.2 Å². The van der Waals surface area contributed by atoms with Crippen molar-refractivity contribution in [2.24, 2.45) is 0 Å². The van der Waals surface area contributed by atoms with Crippen molar-refractivity contribution in [1.82, 2.24) is 0 Å². The third-order valence-electron chi connectivity index (χ3n) is 12.9. The van der Waals surface area contributed by atoms with Crippen molar-refractivity contribution < 1.29 is 22.7 Å². The van der Waals surface area contributed by atoms with Crippen molar-refractivity contribution in [3.05, 3.63) is 216 Å². The first-order valence-corrected chi connectivity index (χ1v) is 33.1. The molecule has 0 N–H and O–H groups in total. The fourth-order valence-electron chi connectivity index (χ4n) is 9.86. The van der Waals surface area contributed by atoms with Crippen LogP contribution in [-0.2, 0) is 37.9 Å². The summed E-state index contributed by atoms with van der Waals surface area (Å²) < 4.78 is 10.8. The third kappa shape index (κ3) is 8.97. The second-order valence-electron chi connectivity index (χ2n) is 16.4. The summed E-state index contributed by atoms with van der Waals surface area (Å²) in [5.41, 5.74) is 11.6. The molecule has 0 atom stereocenters. The van der Waals surface area contributed by atoms with E-state index in [1.54, 1.807) is 14.2 Å². The Labute approximate surface area is 405 Å². The molecule has 0 bridgehead atoms. The molecule has 7 heteroatoms. The van der Waals surface area contributed by atoms with E-state index in [0.29, 0.717) is 13.2 Å². The number of ether oxygens (including phenoxy) is 2. The summed E-state index contributed by atoms with van der Waals surface area (Å²) >= 11 is 6.64. The number of methoxy groups -OCH3 is 2. The predicted molar refractivity (Wildman–Crippen MR) is 286 cm³/mol. The Bertz CT molecular complexity index is 2920. The first kappa shape index (κ1) is 44.1. The molecule has 12 rings (SSSR count). The molecule has 322 valence electrons.